The number of hydrogen-bond donors (Lipinski definition) is 1. The van der Waals surface area contributed by atoms with Crippen molar-refractivity contribution in [3.63, 3.8) is 0 Å². The summed E-state index contributed by atoms with van der Waals surface area (Å²) < 4.78 is 14.4. The van der Waals surface area contributed by atoms with Gasteiger partial charge in [-0.3, -0.25) is 4.68 Å². The number of aliphatic hydroxyl groups is 1. The fourth-order valence-corrected chi connectivity index (χ4v) is 5.67. The maximum absolute atomic E-state index is 9.37. The van der Waals surface area contributed by atoms with Crippen LogP contribution in [0.25, 0.3) is 22.2 Å². The van der Waals surface area contributed by atoms with Crippen LogP contribution in [0.2, 0.25) is 0 Å². The van der Waals surface area contributed by atoms with Crippen molar-refractivity contribution >= 4 is 16.6 Å². The highest BCUT2D eigenvalue weighted by atomic mass is 16.5. The molecule has 0 bridgehead atoms. The number of para-hydroxylation sites is 1. The number of nitrogens with zero attached hydrogens (tertiary/aromatic N) is 4. The largest absolute Gasteiger partial charge is 0.473 e. The summed E-state index contributed by atoms with van der Waals surface area (Å²) in [6.07, 6.45) is 3.07. The maximum atomic E-state index is 9.37. The lowest BCUT2D eigenvalue weighted by Crippen LogP contribution is -2.34. The van der Waals surface area contributed by atoms with Gasteiger partial charge in [-0.05, 0) is 48.4 Å². The summed E-state index contributed by atoms with van der Waals surface area (Å²) >= 11 is 0. The zero-order valence-electron chi connectivity index (χ0n) is 23.4. The van der Waals surface area contributed by atoms with Gasteiger partial charge in [-0.25, -0.2) is 0 Å². The number of pyridine rings is 1. The molecular formula is C34H36N4O3. The van der Waals surface area contributed by atoms with Crippen LogP contribution in [0.1, 0.15) is 30.4 Å². The fourth-order valence-electron chi connectivity index (χ4n) is 5.67. The first-order valence-corrected chi connectivity index (χ1v) is 14.4. The van der Waals surface area contributed by atoms with E-state index in [4.69, 9.17) is 19.6 Å². The molecule has 210 valence electrons. The van der Waals surface area contributed by atoms with Crippen molar-refractivity contribution in [1.29, 1.82) is 0 Å². The Hall–Kier alpha value is -4.36. The first-order valence-electron chi connectivity index (χ1n) is 14.4. The third-order valence-corrected chi connectivity index (χ3v) is 7.87. The molecule has 7 nitrogen and oxygen atoms in total. The first-order chi connectivity index (χ1) is 20.2. The van der Waals surface area contributed by atoms with E-state index >= 15 is 0 Å². The van der Waals surface area contributed by atoms with Gasteiger partial charge in [0.25, 0.3) is 0 Å². The van der Waals surface area contributed by atoms with Crippen molar-refractivity contribution in [3.8, 4) is 23.0 Å². The predicted molar refractivity (Wildman–Crippen MR) is 162 cm³/mol. The molecule has 5 aromatic rings. The molecule has 0 radical (unpaired) electrons. The van der Waals surface area contributed by atoms with Gasteiger partial charge in [0.15, 0.2) is 0 Å². The molecular weight excluding hydrogens is 512 g/mol. The number of rotatable bonds is 10. The summed E-state index contributed by atoms with van der Waals surface area (Å²) in [5.41, 5.74) is 6.10. The minimum atomic E-state index is 0.268. The number of anilines is 1. The van der Waals surface area contributed by atoms with E-state index in [1.165, 1.54) is 5.69 Å². The summed E-state index contributed by atoms with van der Waals surface area (Å²) in [6, 6.07) is 30.5. The van der Waals surface area contributed by atoms with Crippen molar-refractivity contribution < 1.29 is 14.6 Å². The topological polar surface area (TPSA) is 72.6 Å². The molecule has 0 spiro atoms. The second-order valence-electron chi connectivity index (χ2n) is 10.6. The summed E-state index contributed by atoms with van der Waals surface area (Å²) in [5.74, 6) is 1.59. The monoisotopic (exact) mass is 548 g/mol. The van der Waals surface area contributed by atoms with Crippen LogP contribution >= 0.6 is 0 Å². The van der Waals surface area contributed by atoms with Gasteiger partial charge in [0.1, 0.15) is 18.9 Å². The van der Waals surface area contributed by atoms with E-state index in [1.807, 2.05) is 84.5 Å². The Kier molecular flexibility index (Phi) is 8.14. The molecule has 0 unspecified atom stereocenters. The van der Waals surface area contributed by atoms with Crippen LogP contribution in [0.15, 0.2) is 91.0 Å². The first kappa shape index (κ1) is 26.8. The van der Waals surface area contributed by atoms with Gasteiger partial charge < -0.3 is 19.5 Å². The molecule has 1 aliphatic rings. The number of aromatic nitrogens is 3. The quantitative estimate of drug-likeness (QED) is 0.218. The van der Waals surface area contributed by atoms with Gasteiger partial charge in [-0.1, -0.05) is 72.8 Å². The number of fused-ring (bicyclic) bond motifs is 1. The third kappa shape index (κ3) is 6.05. The van der Waals surface area contributed by atoms with Crippen LogP contribution in [0.4, 0.5) is 5.69 Å². The van der Waals surface area contributed by atoms with Gasteiger partial charge in [-0.2, -0.15) is 10.1 Å². The SMILES string of the molecule is Cn1nc(-c2ccc(OCc3ccccc3)nc2OCc2ccccc2)c2cccc(N3CCC(CCO)CC3)c21. The van der Waals surface area contributed by atoms with Crippen LogP contribution < -0.4 is 14.4 Å². The Labute approximate surface area is 241 Å². The molecule has 3 aromatic carbocycles. The molecule has 1 saturated heterocycles. The molecule has 0 saturated carbocycles. The lowest BCUT2D eigenvalue weighted by atomic mass is 9.93. The highest BCUT2D eigenvalue weighted by Gasteiger charge is 2.24. The summed E-state index contributed by atoms with van der Waals surface area (Å²) in [6.45, 7) is 3.04. The molecule has 7 heteroatoms. The highest BCUT2D eigenvalue weighted by molar-refractivity contribution is 6.01. The van der Waals surface area contributed by atoms with Gasteiger partial charge in [0.2, 0.25) is 11.8 Å². The number of hydrogen-bond acceptors (Lipinski definition) is 6. The van der Waals surface area contributed by atoms with Gasteiger partial charge in [-0.15, -0.1) is 0 Å². The van der Waals surface area contributed by atoms with E-state index in [9.17, 15) is 5.11 Å². The number of aryl methyl sites for hydroxylation is 1. The Morgan fingerprint density at radius 3 is 2.17 bits per heavy atom. The number of piperidine rings is 1. The summed E-state index contributed by atoms with van der Waals surface area (Å²) in [7, 11) is 2.00. The minimum absolute atomic E-state index is 0.268. The maximum Gasteiger partial charge on any atom is 0.226 e. The Morgan fingerprint density at radius 2 is 1.49 bits per heavy atom. The van der Waals surface area contributed by atoms with E-state index in [0.29, 0.717) is 30.9 Å². The molecule has 0 amide bonds. The molecule has 1 N–H and O–H groups in total. The summed E-state index contributed by atoms with van der Waals surface area (Å²) in [4.78, 5) is 7.26. The average Bonchev–Trinajstić information content (AvgIpc) is 3.37. The van der Waals surface area contributed by atoms with Crippen molar-refractivity contribution in [2.45, 2.75) is 32.5 Å². The summed E-state index contributed by atoms with van der Waals surface area (Å²) in [5, 5.41) is 15.4. The molecule has 41 heavy (non-hydrogen) atoms. The average molecular weight is 549 g/mol. The smallest absolute Gasteiger partial charge is 0.226 e. The van der Waals surface area contributed by atoms with Crippen LogP contribution in [0, 0.1) is 5.92 Å². The third-order valence-electron chi connectivity index (χ3n) is 7.87. The van der Waals surface area contributed by atoms with Crippen LogP contribution in [0.5, 0.6) is 11.8 Å². The van der Waals surface area contributed by atoms with E-state index in [1.54, 1.807) is 0 Å². The molecule has 1 fully saturated rings. The standard InChI is InChI=1S/C34H36N4O3/c1-37-33-28(13-8-14-30(33)38-20-17-25(18-21-38)19-22-39)32(36-37)29-15-16-31(40-23-26-9-4-2-5-10-26)35-34(29)41-24-27-11-6-3-7-12-27/h2-16,25,39H,17-24H2,1H3. The Morgan fingerprint density at radius 1 is 0.805 bits per heavy atom. The Bertz CT molecular complexity index is 1580. The molecule has 3 heterocycles. The van der Waals surface area contributed by atoms with Crippen LogP contribution in [-0.2, 0) is 20.3 Å². The predicted octanol–water partition coefficient (Wildman–Crippen LogP) is 6.39. The molecule has 6 rings (SSSR count). The molecule has 1 aliphatic heterocycles. The van der Waals surface area contributed by atoms with Crippen molar-refractivity contribution in [2.24, 2.45) is 13.0 Å². The fraction of sp³-hybridized carbons (Fsp3) is 0.294. The van der Waals surface area contributed by atoms with Crippen molar-refractivity contribution in [2.75, 3.05) is 24.6 Å². The normalized spacial score (nSPS) is 14.0. The molecule has 0 aliphatic carbocycles. The van der Waals surface area contributed by atoms with E-state index in [0.717, 1.165) is 65.6 Å². The van der Waals surface area contributed by atoms with Crippen molar-refractivity contribution in [1.82, 2.24) is 14.8 Å². The molecule has 2 aromatic heterocycles. The second kappa shape index (κ2) is 12.4. The van der Waals surface area contributed by atoms with E-state index in [2.05, 4.69) is 23.1 Å². The van der Waals surface area contributed by atoms with Gasteiger partial charge >= 0.3 is 0 Å². The van der Waals surface area contributed by atoms with Gasteiger partial charge in [0, 0.05) is 38.2 Å². The zero-order chi connectivity index (χ0) is 28.0. The van der Waals surface area contributed by atoms with Crippen LogP contribution in [-0.4, -0.2) is 39.6 Å². The number of benzene rings is 3. The van der Waals surface area contributed by atoms with Crippen LogP contribution in [0.3, 0.4) is 0 Å². The van der Waals surface area contributed by atoms with Gasteiger partial charge in [0.05, 0.1) is 16.8 Å². The number of ether oxygens (including phenoxy) is 2. The highest BCUT2D eigenvalue weighted by Crippen LogP contribution is 2.39. The lowest BCUT2D eigenvalue weighted by molar-refractivity contribution is 0.240. The lowest BCUT2D eigenvalue weighted by Gasteiger charge is -2.33. The minimum Gasteiger partial charge on any atom is -0.473 e. The van der Waals surface area contributed by atoms with E-state index < -0.39 is 0 Å². The second-order valence-corrected chi connectivity index (χ2v) is 10.6. The Balaban J connectivity index is 1.33. The van der Waals surface area contributed by atoms with E-state index in [-0.39, 0.29) is 6.61 Å². The molecule has 0 atom stereocenters. The van der Waals surface area contributed by atoms with Crippen molar-refractivity contribution in [3.05, 3.63) is 102 Å². The number of aliphatic hydroxyl groups excluding tert-OH is 1. The zero-order valence-corrected chi connectivity index (χ0v) is 23.4.